The number of carbonyl (C=O) groups is 2. The van der Waals surface area contributed by atoms with Crippen molar-refractivity contribution in [1.82, 2.24) is 25.8 Å². The Kier molecular flexibility index (Phi) is 10.0. The Bertz CT molecular complexity index is 1210. The number of piperidine rings is 1. The highest BCUT2D eigenvalue weighted by Crippen LogP contribution is 2.22. The third-order valence-corrected chi connectivity index (χ3v) is 6.71. The average Bonchev–Trinajstić information content (AvgIpc) is 2.91. The van der Waals surface area contributed by atoms with Gasteiger partial charge in [-0.1, -0.05) is 29.3 Å². The zero-order chi connectivity index (χ0) is 26.9. The maximum absolute atomic E-state index is 13.9. The number of allylic oxidation sites excluding steroid dienone is 2. The molecule has 0 spiro atoms. The van der Waals surface area contributed by atoms with E-state index in [1.165, 1.54) is 13.1 Å². The molecule has 1 aromatic carbocycles. The molecule has 0 radical (unpaired) electrons. The van der Waals surface area contributed by atoms with E-state index in [2.05, 4.69) is 20.9 Å². The summed E-state index contributed by atoms with van der Waals surface area (Å²) >= 11 is 12.0. The largest absolute Gasteiger partial charge is 0.377 e. The summed E-state index contributed by atoms with van der Waals surface area (Å²) in [6, 6.07) is 8.47. The molecule has 0 saturated carbocycles. The minimum absolute atomic E-state index is 0.0276. The first-order valence-corrected chi connectivity index (χ1v) is 12.5. The summed E-state index contributed by atoms with van der Waals surface area (Å²) < 4.78 is 13.9. The monoisotopic (exact) mass is 546 g/mol. The van der Waals surface area contributed by atoms with E-state index in [0.29, 0.717) is 53.9 Å². The molecule has 2 heterocycles. The van der Waals surface area contributed by atoms with Gasteiger partial charge >= 0.3 is 0 Å². The van der Waals surface area contributed by atoms with Gasteiger partial charge in [-0.2, -0.15) is 4.39 Å². The van der Waals surface area contributed by atoms with Crippen molar-refractivity contribution in [3.8, 4) is 0 Å². The van der Waals surface area contributed by atoms with E-state index in [1.54, 1.807) is 48.4 Å². The zero-order valence-corrected chi connectivity index (χ0v) is 22.1. The Morgan fingerprint density at radius 2 is 1.95 bits per heavy atom. The van der Waals surface area contributed by atoms with E-state index in [4.69, 9.17) is 28.6 Å². The van der Waals surface area contributed by atoms with Crippen LogP contribution >= 0.6 is 23.2 Å². The summed E-state index contributed by atoms with van der Waals surface area (Å²) in [5.41, 5.74) is 1.24. The van der Waals surface area contributed by atoms with Gasteiger partial charge in [-0.25, -0.2) is 0 Å². The van der Waals surface area contributed by atoms with Gasteiger partial charge in [-0.05, 0) is 62.6 Å². The van der Waals surface area contributed by atoms with Crippen LogP contribution in [-0.4, -0.2) is 46.8 Å². The molecule has 0 bridgehead atoms. The minimum Gasteiger partial charge on any atom is -0.377 e. The molecule has 3 rings (SSSR count). The van der Waals surface area contributed by atoms with Crippen LogP contribution in [0.5, 0.6) is 0 Å². The number of benzene rings is 1. The molecule has 4 N–H and O–H groups in total. The summed E-state index contributed by atoms with van der Waals surface area (Å²) in [5.74, 6) is -1.48. The van der Waals surface area contributed by atoms with Crippen LogP contribution in [-0.2, 0) is 11.3 Å². The second-order valence-corrected chi connectivity index (χ2v) is 9.34. The number of aromatic nitrogens is 1. The van der Waals surface area contributed by atoms with Gasteiger partial charge in [-0.15, -0.1) is 0 Å². The number of hydrogen-bond donors (Lipinski definition) is 4. The fraction of sp³-hybridized carbons (Fsp3) is 0.308. The second kappa shape index (κ2) is 13.2. The van der Waals surface area contributed by atoms with Gasteiger partial charge in [-0.3, -0.25) is 20.0 Å². The molecule has 196 valence electrons. The minimum atomic E-state index is -1.20. The maximum Gasteiger partial charge on any atom is 0.273 e. The smallest absolute Gasteiger partial charge is 0.273 e. The summed E-state index contributed by atoms with van der Waals surface area (Å²) in [6.07, 6.45) is 5.93. The Balaban J connectivity index is 1.61. The standard InChI is InChI=1S/C26H29Cl2FN6O2/c1-3-22(32-14-17-6-7-20(27)21(28)13-17)34-25(36)23(16(2)24(29)30)33-19-8-11-35(12-9-19)26(37)18-5-4-10-31-15-18/h3-7,10,13,15,19,30,32-33H,8-9,11-12,14H2,1-2H3,(H,34,36)/b22-3+,23-16-,30-24?. The van der Waals surface area contributed by atoms with Gasteiger partial charge in [0.15, 0.2) is 0 Å². The van der Waals surface area contributed by atoms with E-state index in [0.717, 1.165) is 5.56 Å². The van der Waals surface area contributed by atoms with Crippen LogP contribution in [0.4, 0.5) is 4.39 Å². The van der Waals surface area contributed by atoms with Gasteiger partial charge in [0.25, 0.3) is 11.8 Å². The molecule has 0 aliphatic carbocycles. The Morgan fingerprint density at radius 3 is 2.54 bits per heavy atom. The van der Waals surface area contributed by atoms with E-state index in [1.807, 2.05) is 6.07 Å². The maximum atomic E-state index is 13.9. The van der Waals surface area contributed by atoms with Gasteiger partial charge in [0.2, 0.25) is 5.97 Å². The van der Waals surface area contributed by atoms with E-state index >= 15 is 0 Å². The molecule has 37 heavy (non-hydrogen) atoms. The van der Waals surface area contributed by atoms with Gasteiger partial charge < -0.3 is 20.9 Å². The predicted octanol–water partition coefficient (Wildman–Crippen LogP) is 4.57. The Labute approximate surface area is 225 Å². The van der Waals surface area contributed by atoms with E-state index in [9.17, 15) is 14.0 Å². The Morgan fingerprint density at radius 1 is 1.22 bits per heavy atom. The highest BCUT2D eigenvalue weighted by atomic mass is 35.5. The first-order chi connectivity index (χ1) is 17.7. The number of likely N-dealkylation sites (tertiary alicyclic amines) is 1. The normalized spacial score (nSPS) is 15.1. The van der Waals surface area contributed by atoms with Crippen molar-refractivity contribution >= 4 is 41.0 Å². The number of hydrogen-bond acceptors (Lipinski definition) is 6. The van der Waals surface area contributed by atoms with Crippen molar-refractivity contribution in [3.05, 3.63) is 87.1 Å². The van der Waals surface area contributed by atoms with E-state index < -0.39 is 11.9 Å². The summed E-state index contributed by atoms with van der Waals surface area (Å²) in [7, 11) is 0. The van der Waals surface area contributed by atoms with Crippen LogP contribution in [0.15, 0.2) is 65.9 Å². The van der Waals surface area contributed by atoms with Crippen molar-refractivity contribution in [3.63, 3.8) is 0 Å². The number of nitrogens with zero attached hydrogens (tertiary/aromatic N) is 2. The molecule has 2 amide bonds. The topological polar surface area (TPSA) is 110 Å². The molecule has 0 atom stereocenters. The fourth-order valence-corrected chi connectivity index (χ4v) is 4.13. The lowest BCUT2D eigenvalue weighted by Crippen LogP contribution is -2.47. The van der Waals surface area contributed by atoms with Crippen LogP contribution < -0.4 is 16.0 Å². The van der Waals surface area contributed by atoms with Crippen molar-refractivity contribution in [2.24, 2.45) is 0 Å². The number of halogens is 3. The van der Waals surface area contributed by atoms with Crippen molar-refractivity contribution in [2.75, 3.05) is 13.1 Å². The lowest BCUT2D eigenvalue weighted by molar-refractivity contribution is -0.117. The molecular formula is C26H29Cl2FN6O2. The summed E-state index contributed by atoms with van der Waals surface area (Å²) in [4.78, 5) is 31.5. The van der Waals surface area contributed by atoms with E-state index in [-0.39, 0.29) is 23.2 Å². The number of nitrogens with one attached hydrogen (secondary N) is 4. The summed E-state index contributed by atoms with van der Waals surface area (Å²) in [6.45, 7) is 4.43. The average molecular weight is 547 g/mol. The van der Waals surface area contributed by atoms with Crippen LogP contribution in [0.25, 0.3) is 0 Å². The highest BCUT2D eigenvalue weighted by Gasteiger charge is 2.26. The molecule has 1 aromatic heterocycles. The molecular weight excluding hydrogens is 518 g/mol. The lowest BCUT2D eigenvalue weighted by Gasteiger charge is -2.33. The molecule has 1 aliphatic heterocycles. The van der Waals surface area contributed by atoms with Crippen molar-refractivity contribution in [1.29, 1.82) is 5.41 Å². The second-order valence-electron chi connectivity index (χ2n) is 8.52. The zero-order valence-electron chi connectivity index (χ0n) is 20.6. The molecule has 2 aromatic rings. The Hall–Kier alpha value is -3.43. The molecule has 8 nitrogen and oxygen atoms in total. The molecule has 1 aliphatic rings. The fourth-order valence-electron chi connectivity index (χ4n) is 3.81. The van der Waals surface area contributed by atoms with Gasteiger partial charge in [0, 0.05) is 43.6 Å². The SMILES string of the molecule is C/C=C(\NCc1ccc(Cl)c(Cl)c1)NC(=O)/C(NC1CCN(C(=O)c2cccnc2)CC1)=C(\C)C(=N)F. The lowest BCUT2D eigenvalue weighted by atomic mass is 10.0. The quantitative estimate of drug-likeness (QED) is 0.272. The number of carbonyl (C=O) groups excluding carboxylic acids is 2. The number of pyridine rings is 1. The van der Waals surface area contributed by atoms with Crippen molar-refractivity contribution < 1.29 is 14.0 Å². The molecule has 1 saturated heterocycles. The van der Waals surface area contributed by atoms with Crippen LogP contribution in [0, 0.1) is 5.41 Å². The highest BCUT2D eigenvalue weighted by molar-refractivity contribution is 6.42. The van der Waals surface area contributed by atoms with Gasteiger partial charge in [0.05, 0.1) is 15.6 Å². The molecule has 0 unspecified atom stereocenters. The van der Waals surface area contributed by atoms with Gasteiger partial charge in [0.1, 0.15) is 11.5 Å². The van der Waals surface area contributed by atoms with Crippen LogP contribution in [0.1, 0.15) is 42.6 Å². The van der Waals surface area contributed by atoms with Crippen LogP contribution in [0.2, 0.25) is 10.0 Å². The summed E-state index contributed by atoms with van der Waals surface area (Å²) in [5, 5.41) is 17.2. The van der Waals surface area contributed by atoms with Crippen molar-refractivity contribution in [2.45, 2.75) is 39.3 Å². The number of rotatable bonds is 9. The molecule has 11 heteroatoms. The third-order valence-electron chi connectivity index (χ3n) is 5.97. The first-order valence-electron chi connectivity index (χ1n) is 11.8. The van der Waals surface area contributed by atoms with Crippen LogP contribution in [0.3, 0.4) is 0 Å². The third kappa shape index (κ3) is 7.77. The molecule has 1 fully saturated rings. The first kappa shape index (κ1) is 28.1. The number of amides is 2. The predicted molar refractivity (Wildman–Crippen MR) is 143 cm³/mol.